The molecular formula is C19H32N4OS. The molecule has 5 nitrogen and oxygen atoms in total. The number of thiophene rings is 1. The number of hydrogen-bond acceptors (Lipinski definition) is 3. The van der Waals surface area contributed by atoms with Crippen LogP contribution < -0.4 is 10.6 Å². The van der Waals surface area contributed by atoms with E-state index in [1.165, 1.54) is 29.7 Å². The van der Waals surface area contributed by atoms with Crippen LogP contribution in [0.5, 0.6) is 0 Å². The molecule has 1 unspecified atom stereocenters. The van der Waals surface area contributed by atoms with Gasteiger partial charge in [-0.15, -0.1) is 11.3 Å². The van der Waals surface area contributed by atoms with E-state index >= 15 is 0 Å². The van der Waals surface area contributed by atoms with Gasteiger partial charge in [0.25, 0.3) is 0 Å². The molecule has 2 heterocycles. The molecule has 0 fully saturated rings. The fourth-order valence-corrected chi connectivity index (χ4v) is 4.00. The van der Waals surface area contributed by atoms with Crippen molar-refractivity contribution in [2.45, 2.75) is 65.0 Å². The number of unbranched alkanes of at least 4 members (excludes halogenated alkanes) is 2. The van der Waals surface area contributed by atoms with Gasteiger partial charge in [-0.3, -0.25) is 9.79 Å². The Balaban J connectivity index is 1.67. The molecule has 1 aliphatic heterocycles. The molecule has 0 bridgehead atoms. The number of rotatable bonds is 8. The monoisotopic (exact) mass is 364 g/mol. The largest absolute Gasteiger partial charge is 0.356 e. The standard InChI is InChI=1S/C19H32N4OS/c1-4-5-6-7-15(2)22-19(20-3)21-11-8-18(24)23-12-9-17-16(14-23)10-13-25-17/h10,13,15H,4-9,11-12,14H2,1-3H3,(H2,20,21,22). The van der Waals surface area contributed by atoms with Crippen molar-refractivity contribution in [3.05, 3.63) is 21.9 Å². The van der Waals surface area contributed by atoms with Gasteiger partial charge in [0.2, 0.25) is 5.91 Å². The fourth-order valence-electron chi connectivity index (χ4n) is 3.11. The van der Waals surface area contributed by atoms with Crippen molar-refractivity contribution >= 4 is 23.2 Å². The van der Waals surface area contributed by atoms with Crippen LogP contribution in [0.15, 0.2) is 16.4 Å². The lowest BCUT2D eigenvalue weighted by Gasteiger charge is -2.27. The number of guanidine groups is 1. The molecule has 1 aromatic heterocycles. The minimum atomic E-state index is 0.218. The molecule has 1 atom stereocenters. The van der Waals surface area contributed by atoms with Gasteiger partial charge >= 0.3 is 0 Å². The predicted octanol–water partition coefficient (Wildman–Crippen LogP) is 3.16. The van der Waals surface area contributed by atoms with E-state index in [-0.39, 0.29) is 5.91 Å². The number of carbonyl (C=O) groups excluding carboxylic acids is 1. The first-order valence-corrected chi connectivity index (χ1v) is 10.3. The van der Waals surface area contributed by atoms with E-state index in [1.807, 2.05) is 4.90 Å². The van der Waals surface area contributed by atoms with Crippen LogP contribution in [-0.4, -0.2) is 42.9 Å². The van der Waals surface area contributed by atoms with E-state index in [0.29, 0.717) is 19.0 Å². The van der Waals surface area contributed by atoms with Crippen molar-refractivity contribution < 1.29 is 4.79 Å². The zero-order chi connectivity index (χ0) is 18.1. The number of amides is 1. The Labute approximate surface area is 155 Å². The molecule has 0 saturated heterocycles. The maximum absolute atomic E-state index is 12.4. The number of fused-ring (bicyclic) bond motifs is 1. The zero-order valence-electron chi connectivity index (χ0n) is 15.8. The van der Waals surface area contributed by atoms with Gasteiger partial charge in [-0.05, 0) is 36.8 Å². The van der Waals surface area contributed by atoms with Crippen LogP contribution in [-0.2, 0) is 17.8 Å². The maximum atomic E-state index is 12.4. The molecule has 0 spiro atoms. The number of hydrogen-bond donors (Lipinski definition) is 2. The second-order valence-electron chi connectivity index (χ2n) is 6.72. The van der Waals surface area contributed by atoms with Crippen LogP contribution in [0.3, 0.4) is 0 Å². The molecule has 1 aliphatic rings. The van der Waals surface area contributed by atoms with Crippen molar-refractivity contribution in [1.29, 1.82) is 0 Å². The minimum Gasteiger partial charge on any atom is -0.356 e. The van der Waals surface area contributed by atoms with E-state index in [4.69, 9.17) is 0 Å². The van der Waals surface area contributed by atoms with Crippen LogP contribution in [0.1, 0.15) is 56.4 Å². The zero-order valence-corrected chi connectivity index (χ0v) is 16.6. The summed E-state index contributed by atoms with van der Waals surface area (Å²) in [6.45, 7) is 6.62. The van der Waals surface area contributed by atoms with Gasteiger partial charge in [-0.25, -0.2) is 0 Å². The molecule has 140 valence electrons. The minimum absolute atomic E-state index is 0.218. The third-order valence-electron chi connectivity index (χ3n) is 4.64. The molecule has 0 aromatic carbocycles. The van der Waals surface area contributed by atoms with Crippen LogP contribution in [0.25, 0.3) is 0 Å². The van der Waals surface area contributed by atoms with E-state index in [2.05, 4.69) is 40.9 Å². The van der Waals surface area contributed by atoms with Crippen LogP contribution in [0.2, 0.25) is 0 Å². The summed E-state index contributed by atoms with van der Waals surface area (Å²) in [5.41, 5.74) is 1.32. The third kappa shape index (κ3) is 6.34. The van der Waals surface area contributed by atoms with Crippen molar-refractivity contribution in [1.82, 2.24) is 15.5 Å². The highest BCUT2D eigenvalue weighted by molar-refractivity contribution is 7.10. The van der Waals surface area contributed by atoms with E-state index < -0.39 is 0 Å². The van der Waals surface area contributed by atoms with Crippen molar-refractivity contribution in [2.24, 2.45) is 4.99 Å². The third-order valence-corrected chi connectivity index (χ3v) is 5.66. The second kappa shape index (κ2) is 10.4. The molecule has 1 aromatic rings. The number of nitrogens with one attached hydrogen (secondary N) is 2. The Morgan fingerprint density at radius 2 is 2.28 bits per heavy atom. The molecule has 6 heteroatoms. The van der Waals surface area contributed by atoms with Crippen molar-refractivity contribution in [2.75, 3.05) is 20.1 Å². The summed E-state index contributed by atoms with van der Waals surface area (Å²) in [6.07, 6.45) is 6.39. The van der Waals surface area contributed by atoms with Crippen LogP contribution in [0, 0.1) is 0 Å². The molecule has 25 heavy (non-hydrogen) atoms. The van der Waals surface area contributed by atoms with Gasteiger partial charge < -0.3 is 15.5 Å². The molecule has 0 radical (unpaired) electrons. The summed E-state index contributed by atoms with van der Waals surface area (Å²) in [4.78, 5) is 20.1. The molecule has 1 amide bonds. The van der Waals surface area contributed by atoms with E-state index in [0.717, 1.165) is 31.9 Å². The maximum Gasteiger partial charge on any atom is 0.224 e. The summed E-state index contributed by atoms with van der Waals surface area (Å²) < 4.78 is 0. The Hall–Kier alpha value is -1.56. The Bertz CT molecular complexity index is 570. The quantitative estimate of drug-likeness (QED) is 0.423. The van der Waals surface area contributed by atoms with Crippen molar-refractivity contribution in [3.8, 4) is 0 Å². The average Bonchev–Trinajstić information content (AvgIpc) is 3.08. The fraction of sp³-hybridized carbons (Fsp3) is 0.684. The highest BCUT2D eigenvalue weighted by Gasteiger charge is 2.21. The summed E-state index contributed by atoms with van der Waals surface area (Å²) in [5.74, 6) is 1.01. The first-order valence-electron chi connectivity index (χ1n) is 9.44. The Kier molecular flexibility index (Phi) is 8.25. The van der Waals surface area contributed by atoms with Gasteiger partial charge in [0, 0.05) is 44.0 Å². The van der Waals surface area contributed by atoms with Gasteiger partial charge in [0.05, 0.1) is 0 Å². The van der Waals surface area contributed by atoms with Crippen molar-refractivity contribution in [3.63, 3.8) is 0 Å². The average molecular weight is 365 g/mol. The topological polar surface area (TPSA) is 56.7 Å². The van der Waals surface area contributed by atoms with Gasteiger partial charge in [-0.2, -0.15) is 0 Å². The summed E-state index contributed by atoms with van der Waals surface area (Å²) >= 11 is 1.80. The van der Waals surface area contributed by atoms with E-state index in [1.54, 1.807) is 18.4 Å². The highest BCUT2D eigenvalue weighted by atomic mass is 32.1. The summed E-state index contributed by atoms with van der Waals surface area (Å²) in [5, 5.41) is 8.79. The van der Waals surface area contributed by atoms with Gasteiger partial charge in [-0.1, -0.05) is 26.2 Å². The van der Waals surface area contributed by atoms with Crippen LogP contribution in [0.4, 0.5) is 0 Å². The SMILES string of the molecule is CCCCCC(C)NC(=NC)NCCC(=O)N1CCc2sccc2C1. The first-order chi connectivity index (χ1) is 12.1. The predicted molar refractivity (Wildman–Crippen MR) is 106 cm³/mol. The molecule has 2 N–H and O–H groups in total. The molecular weight excluding hydrogens is 332 g/mol. The Morgan fingerprint density at radius 3 is 3.04 bits per heavy atom. The lowest BCUT2D eigenvalue weighted by atomic mass is 10.1. The Morgan fingerprint density at radius 1 is 1.44 bits per heavy atom. The summed E-state index contributed by atoms with van der Waals surface area (Å²) in [6, 6.07) is 2.54. The van der Waals surface area contributed by atoms with E-state index in [9.17, 15) is 4.79 Å². The summed E-state index contributed by atoms with van der Waals surface area (Å²) in [7, 11) is 1.78. The smallest absolute Gasteiger partial charge is 0.224 e. The molecule has 0 aliphatic carbocycles. The lowest BCUT2D eigenvalue weighted by Crippen LogP contribution is -2.44. The molecule has 0 saturated carbocycles. The highest BCUT2D eigenvalue weighted by Crippen LogP contribution is 2.24. The van der Waals surface area contributed by atoms with Gasteiger partial charge in [0.15, 0.2) is 5.96 Å². The normalized spacial score (nSPS) is 15.6. The van der Waals surface area contributed by atoms with Gasteiger partial charge in [0.1, 0.15) is 0 Å². The second-order valence-corrected chi connectivity index (χ2v) is 7.73. The molecule has 2 rings (SSSR count). The number of carbonyl (C=O) groups is 1. The van der Waals surface area contributed by atoms with Crippen LogP contribution >= 0.6 is 11.3 Å². The first kappa shape index (κ1) is 19.8. The number of nitrogens with zero attached hydrogens (tertiary/aromatic N) is 2. The number of aliphatic imine (C=N–C) groups is 1. The lowest BCUT2D eigenvalue weighted by molar-refractivity contribution is -0.131.